The fourth-order valence-corrected chi connectivity index (χ4v) is 3.84. The van der Waals surface area contributed by atoms with E-state index in [0.29, 0.717) is 44.1 Å². The Morgan fingerprint density at radius 3 is 2.45 bits per heavy atom. The van der Waals surface area contributed by atoms with Crippen LogP contribution in [0.2, 0.25) is 5.02 Å². The van der Waals surface area contributed by atoms with Gasteiger partial charge >= 0.3 is 5.97 Å². The number of carbonyl (C=O) groups excluding carboxylic acids is 3. The number of fused-ring (bicyclic) bond motifs is 1. The van der Waals surface area contributed by atoms with Crippen LogP contribution in [0.5, 0.6) is 5.75 Å². The molecule has 33 heavy (non-hydrogen) atoms. The number of ketones is 1. The number of rotatable bonds is 7. The van der Waals surface area contributed by atoms with E-state index in [1.165, 1.54) is 0 Å². The molecule has 0 atom stereocenters. The second-order valence-electron chi connectivity index (χ2n) is 7.45. The van der Waals surface area contributed by atoms with Crippen LogP contribution < -0.4 is 4.74 Å². The Labute approximate surface area is 194 Å². The molecular weight excluding hydrogens is 444 g/mol. The zero-order chi connectivity index (χ0) is 23.5. The van der Waals surface area contributed by atoms with E-state index in [0.717, 1.165) is 0 Å². The first-order valence-electron chi connectivity index (χ1n) is 10.2. The van der Waals surface area contributed by atoms with Gasteiger partial charge in [0.2, 0.25) is 5.78 Å². The van der Waals surface area contributed by atoms with Gasteiger partial charge in [-0.1, -0.05) is 11.6 Å². The van der Waals surface area contributed by atoms with Crippen molar-refractivity contribution in [3.63, 3.8) is 0 Å². The molecule has 4 rings (SSSR count). The van der Waals surface area contributed by atoms with Crippen molar-refractivity contribution in [1.82, 2.24) is 9.55 Å². The molecule has 0 aliphatic carbocycles. The molecule has 0 fully saturated rings. The van der Waals surface area contributed by atoms with Crippen molar-refractivity contribution < 1.29 is 23.9 Å². The number of halogens is 1. The number of nitrogens with zero attached hydrogens (tertiary/aromatic N) is 1. The Bertz CT molecular complexity index is 1340. The lowest BCUT2D eigenvalue weighted by molar-refractivity contribution is -0.141. The Hall–Kier alpha value is -3.84. The molecule has 7 nitrogen and oxygen atoms in total. The lowest BCUT2D eigenvalue weighted by Gasteiger charge is -2.08. The molecule has 0 aliphatic heterocycles. The van der Waals surface area contributed by atoms with Gasteiger partial charge in [0, 0.05) is 39.6 Å². The van der Waals surface area contributed by atoms with Crippen molar-refractivity contribution in [3.8, 4) is 5.75 Å². The van der Waals surface area contributed by atoms with Gasteiger partial charge in [-0.05, 0) is 61.0 Å². The number of methoxy groups -OCH3 is 1. The summed E-state index contributed by atoms with van der Waals surface area (Å²) >= 11 is 5.96. The van der Waals surface area contributed by atoms with E-state index in [1.807, 2.05) is 0 Å². The molecule has 2 heterocycles. The predicted octanol–water partition coefficient (Wildman–Crippen LogP) is 4.60. The number of carbonyl (C=O) groups is 3. The Morgan fingerprint density at radius 2 is 1.79 bits per heavy atom. The first kappa shape index (κ1) is 22.4. The maximum Gasteiger partial charge on any atom is 0.310 e. The van der Waals surface area contributed by atoms with E-state index >= 15 is 0 Å². The van der Waals surface area contributed by atoms with Gasteiger partial charge in [-0.3, -0.25) is 19.0 Å². The van der Waals surface area contributed by atoms with E-state index in [9.17, 15) is 14.4 Å². The van der Waals surface area contributed by atoms with Gasteiger partial charge in [-0.25, -0.2) is 0 Å². The number of H-pyrrole nitrogens is 1. The third-order valence-electron chi connectivity index (χ3n) is 5.44. The first-order valence-corrected chi connectivity index (χ1v) is 10.6. The molecule has 0 unspecified atom stereocenters. The topological polar surface area (TPSA) is 90.4 Å². The highest BCUT2D eigenvalue weighted by Gasteiger charge is 2.23. The minimum atomic E-state index is -0.567. The highest BCUT2D eigenvalue weighted by atomic mass is 35.5. The standard InChI is InChI=1S/C25H21ClN2O5/c1-15-20(12-24(30)33-14-23(29)17-9-10-27-13-17)21-11-19(32-2)7-8-22(21)28(15)25(31)16-3-5-18(26)6-4-16/h3-11,13,27H,12,14H2,1-2H3. The maximum atomic E-state index is 13.3. The van der Waals surface area contributed by atoms with Crippen LogP contribution in [0.1, 0.15) is 32.0 Å². The zero-order valence-electron chi connectivity index (χ0n) is 18.1. The number of esters is 1. The molecule has 1 N–H and O–H groups in total. The second kappa shape index (κ2) is 9.34. The van der Waals surface area contributed by atoms with Gasteiger partial charge in [-0.2, -0.15) is 0 Å². The number of hydrogen-bond donors (Lipinski definition) is 1. The molecule has 0 bridgehead atoms. The smallest absolute Gasteiger partial charge is 0.310 e. The lowest BCUT2D eigenvalue weighted by atomic mass is 10.1. The molecule has 0 saturated carbocycles. The minimum absolute atomic E-state index is 0.100. The number of aromatic amines is 1. The van der Waals surface area contributed by atoms with Crippen LogP contribution in [-0.2, 0) is 16.0 Å². The summed E-state index contributed by atoms with van der Waals surface area (Å²) in [6.07, 6.45) is 3.07. The summed E-state index contributed by atoms with van der Waals surface area (Å²) in [5.41, 5.74) is 2.77. The molecule has 4 aromatic rings. The summed E-state index contributed by atoms with van der Waals surface area (Å²) in [7, 11) is 1.55. The highest BCUT2D eigenvalue weighted by Crippen LogP contribution is 2.31. The summed E-state index contributed by atoms with van der Waals surface area (Å²) < 4.78 is 12.1. The molecule has 2 aromatic carbocycles. The average Bonchev–Trinajstić information content (AvgIpc) is 3.45. The van der Waals surface area contributed by atoms with Crippen molar-refractivity contribution >= 4 is 40.2 Å². The maximum absolute atomic E-state index is 13.3. The first-order chi connectivity index (χ1) is 15.9. The monoisotopic (exact) mass is 464 g/mol. The van der Waals surface area contributed by atoms with E-state index in [1.54, 1.807) is 79.5 Å². The van der Waals surface area contributed by atoms with Crippen LogP contribution >= 0.6 is 11.6 Å². The van der Waals surface area contributed by atoms with Gasteiger partial charge < -0.3 is 14.5 Å². The highest BCUT2D eigenvalue weighted by molar-refractivity contribution is 6.30. The van der Waals surface area contributed by atoms with E-state index in [2.05, 4.69) is 4.98 Å². The molecule has 2 aromatic heterocycles. The summed E-state index contributed by atoms with van der Waals surface area (Å²) in [5.74, 6) is -0.524. The van der Waals surface area contributed by atoms with E-state index in [4.69, 9.17) is 21.1 Å². The van der Waals surface area contributed by atoms with Crippen LogP contribution in [0.4, 0.5) is 0 Å². The average molecular weight is 465 g/mol. The van der Waals surface area contributed by atoms with Crippen molar-refractivity contribution in [2.45, 2.75) is 13.3 Å². The molecule has 0 amide bonds. The van der Waals surface area contributed by atoms with Crippen molar-refractivity contribution in [1.29, 1.82) is 0 Å². The molecule has 8 heteroatoms. The molecule has 168 valence electrons. The number of ether oxygens (including phenoxy) is 2. The van der Waals surface area contributed by atoms with Crippen LogP contribution in [0, 0.1) is 6.92 Å². The Balaban J connectivity index is 1.66. The fourth-order valence-electron chi connectivity index (χ4n) is 3.72. The molecule has 0 spiro atoms. The minimum Gasteiger partial charge on any atom is -0.497 e. The quantitative estimate of drug-likeness (QED) is 0.319. The van der Waals surface area contributed by atoms with Crippen LogP contribution in [0.15, 0.2) is 60.9 Å². The molecule has 0 saturated heterocycles. The fraction of sp³-hybridized carbons (Fsp3) is 0.160. The largest absolute Gasteiger partial charge is 0.497 e. The zero-order valence-corrected chi connectivity index (χ0v) is 18.8. The van der Waals surface area contributed by atoms with E-state index < -0.39 is 5.97 Å². The van der Waals surface area contributed by atoms with Gasteiger partial charge in [0.1, 0.15) is 5.75 Å². The number of nitrogens with one attached hydrogen (secondary N) is 1. The number of Topliss-reactive ketones (excluding diaryl/α,β-unsaturated/α-hetero) is 1. The van der Waals surface area contributed by atoms with Crippen molar-refractivity contribution in [2.24, 2.45) is 0 Å². The summed E-state index contributed by atoms with van der Waals surface area (Å²) in [6, 6.07) is 13.5. The lowest BCUT2D eigenvalue weighted by Crippen LogP contribution is -2.16. The predicted molar refractivity (Wildman–Crippen MR) is 124 cm³/mol. The van der Waals surface area contributed by atoms with Crippen LogP contribution in [-0.4, -0.2) is 40.9 Å². The summed E-state index contributed by atoms with van der Waals surface area (Å²) in [5, 5.41) is 1.23. The van der Waals surface area contributed by atoms with Crippen molar-refractivity contribution in [2.75, 3.05) is 13.7 Å². The van der Waals surface area contributed by atoms with Gasteiger partial charge in [-0.15, -0.1) is 0 Å². The molecule has 0 aliphatic rings. The van der Waals surface area contributed by atoms with Crippen LogP contribution in [0.3, 0.4) is 0 Å². The molecular formula is C25H21ClN2O5. The van der Waals surface area contributed by atoms with Crippen LogP contribution in [0.25, 0.3) is 10.9 Å². The normalized spacial score (nSPS) is 10.9. The number of aromatic nitrogens is 2. The van der Waals surface area contributed by atoms with Gasteiger partial charge in [0.15, 0.2) is 6.61 Å². The Morgan fingerprint density at radius 1 is 1.03 bits per heavy atom. The Kier molecular flexibility index (Phi) is 6.33. The second-order valence-corrected chi connectivity index (χ2v) is 7.89. The van der Waals surface area contributed by atoms with Crippen molar-refractivity contribution in [3.05, 3.63) is 88.3 Å². The summed E-state index contributed by atoms with van der Waals surface area (Å²) in [4.78, 5) is 40.8. The number of benzene rings is 2. The van der Waals surface area contributed by atoms with Gasteiger partial charge in [0.25, 0.3) is 5.91 Å². The summed E-state index contributed by atoms with van der Waals surface area (Å²) in [6.45, 7) is 1.41. The number of hydrogen-bond acceptors (Lipinski definition) is 5. The third kappa shape index (κ3) is 4.54. The third-order valence-corrected chi connectivity index (χ3v) is 5.69. The van der Waals surface area contributed by atoms with Gasteiger partial charge in [0.05, 0.1) is 19.0 Å². The molecule has 0 radical (unpaired) electrons. The van der Waals surface area contributed by atoms with E-state index in [-0.39, 0.29) is 24.7 Å². The SMILES string of the molecule is COc1ccc2c(c1)c(CC(=O)OCC(=O)c1cc[nH]c1)c(C)n2C(=O)c1ccc(Cl)cc1.